The number of carbonyl (C=O) groups excluding carboxylic acids is 2. The van der Waals surface area contributed by atoms with Gasteiger partial charge in [-0.25, -0.2) is 4.98 Å². The second-order valence-electron chi connectivity index (χ2n) is 7.01. The minimum absolute atomic E-state index is 0.141. The van der Waals surface area contributed by atoms with Crippen molar-refractivity contribution in [3.8, 4) is 5.75 Å². The number of non-ortho nitro benzene ring substituents is 1. The molecule has 1 aliphatic heterocycles. The van der Waals surface area contributed by atoms with Crippen LogP contribution in [0.15, 0.2) is 23.6 Å². The number of nitro groups is 1. The van der Waals surface area contributed by atoms with Crippen LogP contribution in [0, 0.1) is 10.1 Å². The smallest absolute Gasteiger partial charge is 0.271 e. The van der Waals surface area contributed by atoms with Crippen LogP contribution < -0.4 is 15.0 Å². The van der Waals surface area contributed by atoms with Crippen molar-refractivity contribution in [2.75, 3.05) is 23.4 Å². The summed E-state index contributed by atoms with van der Waals surface area (Å²) in [5.74, 6) is -0.581. The minimum atomic E-state index is -0.568. The summed E-state index contributed by atoms with van der Waals surface area (Å²) in [4.78, 5) is 40.6. The first kappa shape index (κ1) is 18.8. The highest BCUT2D eigenvalue weighted by Gasteiger charge is 2.29. The predicted molar refractivity (Wildman–Crippen MR) is 100 cm³/mol. The molecular weight excluding hydrogens is 372 g/mol. The Morgan fingerprint density at radius 1 is 1.44 bits per heavy atom. The van der Waals surface area contributed by atoms with E-state index in [1.54, 1.807) is 0 Å². The highest BCUT2D eigenvalue weighted by atomic mass is 32.1. The second-order valence-corrected chi connectivity index (χ2v) is 7.87. The largest absolute Gasteiger partial charge is 0.482 e. The summed E-state index contributed by atoms with van der Waals surface area (Å²) < 4.78 is 5.29. The van der Waals surface area contributed by atoms with Gasteiger partial charge in [0.15, 0.2) is 11.7 Å². The highest BCUT2D eigenvalue weighted by molar-refractivity contribution is 7.14. The minimum Gasteiger partial charge on any atom is -0.482 e. The Morgan fingerprint density at radius 2 is 2.19 bits per heavy atom. The normalized spacial score (nSPS) is 13.7. The molecule has 2 amide bonds. The van der Waals surface area contributed by atoms with Gasteiger partial charge in [-0.15, -0.1) is 11.3 Å². The van der Waals surface area contributed by atoms with Gasteiger partial charge in [-0.2, -0.15) is 0 Å². The van der Waals surface area contributed by atoms with Gasteiger partial charge in [-0.05, 0) is 6.07 Å². The zero-order valence-electron chi connectivity index (χ0n) is 15.0. The molecule has 3 rings (SSSR count). The molecule has 10 heteroatoms. The molecule has 0 saturated carbocycles. The van der Waals surface area contributed by atoms with Crippen molar-refractivity contribution in [2.24, 2.45) is 0 Å². The topological polar surface area (TPSA) is 115 Å². The van der Waals surface area contributed by atoms with Gasteiger partial charge in [-0.3, -0.25) is 24.6 Å². The molecule has 27 heavy (non-hydrogen) atoms. The van der Waals surface area contributed by atoms with E-state index < -0.39 is 16.7 Å². The molecule has 9 nitrogen and oxygen atoms in total. The lowest BCUT2D eigenvalue weighted by molar-refractivity contribution is -0.384. The molecule has 1 aromatic heterocycles. The summed E-state index contributed by atoms with van der Waals surface area (Å²) >= 11 is 1.30. The standard InChI is InChI=1S/C17H18N4O5S/c1-17(2,3)13-9-27-16(18-13)19-14(22)7-20-11-6-10(21(24)25)4-5-12(11)26-8-15(20)23/h4-6,9H,7-8H2,1-3H3,(H,18,19,22). The molecule has 1 aromatic carbocycles. The molecule has 0 aliphatic carbocycles. The summed E-state index contributed by atoms with van der Waals surface area (Å²) in [5, 5.41) is 16.0. The summed E-state index contributed by atoms with van der Waals surface area (Å²) in [6.45, 7) is 5.53. The number of carbonyl (C=O) groups is 2. The van der Waals surface area contributed by atoms with E-state index in [2.05, 4.69) is 10.3 Å². The van der Waals surface area contributed by atoms with Crippen LogP contribution in [0.2, 0.25) is 0 Å². The number of rotatable bonds is 4. The molecule has 0 unspecified atom stereocenters. The van der Waals surface area contributed by atoms with Crippen LogP contribution >= 0.6 is 11.3 Å². The van der Waals surface area contributed by atoms with Crippen molar-refractivity contribution in [3.63, 3.8) is 0 Å². The molecule has 0 fully saturated rings. The number of hydrogen-bond donors (Lipinski definition) is 1. The highest BCUT2D eigenvalue weighted by Crippen LogP contribution is 2.35. The summed E-state index contributed by atoms with van der Waals surface area (Å²) in [5.41, 5.74) is 0.723. The number of amides is 2. The fourth-order valence-corrected chi connectivity index (χ4v) is 3.41. The van der Waals surface area contributed by atoms with E-state index in [-0.39, 0.29) is 29.9 Å². The zero-order valence-corrected chi connectivity index (χ0v) is 15.8. The molecule has 2 heterocycles. The van der Waals surface area contributed by atoms with Crippen molar-refractivity contribution in [3.05, 3.63) is 39.4 Å². The molecule has 1 aliphatic rings. The van der Waals surface area contributed by atoms with Gasteiger partial charge in [0.2, 0.25) is 5.91 Å². The number of thiazole rings is 1. The molecule has 0 radical (unpaired) electrons. The summed E-state index contributed by atoms with van der Waals surface area (Å²) in [7, 11) is 0. The van der Waals surface area contributed by atoms with Gasteiger partial charge in [0, 0.05) is 22.9 Å². The van der Waals surface area contributed by atoms with Crippen molar-refractivity contribution >= 4 is 39.7 Å². The molecule has 1 N–H and O–H groups in total. The Hall–Kier alpha value is -3.01. The Labute approximate surface area is 159 Å². The Balaban J connectivity index is 1.78. The van der Waals surface area contributed by atoms with Gasteiger partial charge in [0.05, 0.1) is 16.3 Å². The lowest BCUT2D eigenvalue weighted by atomic mass is 9.93. The monoisotopic (exact) mass is 390 g/mol. The van der Waals surface area contributed by atoms with Gasteiger partial charge in [-0.1, -0.05) is 20.8 Å². The van der Waals surface area contributed by atoms with Crippen LogP contribution in [0.3, 0.4) is 0 Å². The van der Waals surface area contributed by atoms with Crippen LogP contribution in [0.4, 0.5) is 16.5 Å². The Kier molecular flexibility index (Phi) is 4.83. The van der Waals surface area contributed by atoms with Gasteiger partial charge in [0.25, 0.3) is 11.6 Å². The maximum atomic E-state index is 12.4. The average Bonchev–Trinajstić information content (AvgIpc) is 3.05. The van der Waals surface area contributed by atoms with Crippen LogP contribution in [-0.2, 0) is 15.0 Å². The van der Waals surface area contributed by atoms with E-state index in [1.165, 1.54) is 34.4 Å². The number of hydrogen-bond acceptors (Lipinski definition) is 7. The summed E-state index contributed by atoms with van der Waals surface area (Å²) in [6.07, 6.45) is 0. The number of nitrogens with one attached hydrogen (secondary N) is 1. The first-order chi connectivity index (χ1) is 12.6. The molecule has 0 saturated heterocycles. The average molecular weight is 390 g/mol. The number of benzene rings is 1. The van der Waals surface area contributed by atoms with Crippen molar-refractivity contribution in [1.82, 2.24) is 4.98 Å². The van der Waals surface area contributed by atoms with E-state index in [9.17, 15) is 19.7 Å². The third kappa shape index (κ3) is 4.05. The predicted octanol–water partition coefficient (Wildman–Crippen LogP) is 2.71. The van der Waals surface area contributed by atoms with Gasteiger partial charge >= 0.3 is 0 Å². The van der Waals surface area contributed by atoms with Crippen LogP contribution in [0.5, 0.6) is 5.75 Å². The number of ether oxygens (including phenoxy) is 1. The maximum absolute atomic E-state index is 12.4. The van der Waals surface area contributed by atoms with E-state index in [1.807, 2.05) is 26.2 Å². The second kappa shape index (κ2) is 6.95. The van der Waals surface area contributed by atoms with Crippen LogP contribution in [0.1, 0.15) is 26.5 Å². The third-order valence-electron chi connectivity index (χ3n) is 3.92. The van der Waals surface area contributed by atoms with Gasteiger partial charge in [0.1, 0.15) is 12.3 Å². The van der Waals surface area contributed by atoms with E-state index in [0.717, 1.165) is 5.69 Å². The van der Waals surface area contributed by atoms with Crippen LogP contribution in [-0.4, -0.2) is 34.9 Å². The lowest BCUT2D eigenvalue weighted by Gasteiger charge is -2.28. The first-order valence-electron chi connectivity index (χ1n) is 8.12. The third-order valence-corrected chi connectivity index (χ3v) is 4.67. The lowest BCUT2D eigenvalue weighted by Crippen LogP contribution is -2.43. The maximum Gasteiger partial charge on any atom is 0.271 e. The Bertz CT molecular complexity index is 918. The SMILES string of the molecule is CC(C)(C)c1csc(NC(=O)CN2C(=O)COc3ccc([N+](=O)[O-])cc32)n1. The molecule has 0 atom stereocenters. The molecule has 2 aromatic rings. The number of aromatic nitrogens is 1. The Morgan fingerprint density at radius 3 is 2.81 bits per heavy atom. The molecule has 0 spiro atoms. The van der Waals surface area contributed by atoms with Gasteiger partial charge < -0.3 is 10.1 Å². The van der Waals surface area contributed by atoms with E-state index in [4.69, 9.17) is 4.74 Å². The molecule has 142 valence electrons. The summed E-state index contributed by atoms with van der Waals surface area (Å²) in [6, 6.07) is 3.93. The van der Waals surface area contributed by atoms with Crippen molar-refractivity contribution in [1.29, 1.82) is 0 Å². The molecular formula is C17H18N4O5S. The van der Waals surface area contributed by atoms with E-state index >= 15 is 0 Å². The fraction of sp³-hybridized carbons (Fsp3) is 0.353. The molecule has 0 bridgehead atoms. The number of nitrogens with zero attached hydrogens (tertiary/aromatic N) is 3. The number of nitro benzene ring substituents is 1. The van der Waals surface area contributed by atoms with Crippen molar-refractivity contribution in [2.45, 2.75) is 26.2 Å². The zero-order chi connectivity index (χ0) is 19.8. The first-order valence-corrected chi connectivity index (χ1v) is 9.00. The number of fused-ring (bicyclic) bond motifs is 1. The van der Waals surface area contributed by atoms with E-state index in [0.29, 0.717) is 10.9 Å². The van der Waals surface area contributed by atoms with Crippen LogP contribution in [0.25, 0.3) is 0 Å². The number of anilines is 2. The quantitative estimate of drug-likeness (QED) is 0.634. The van der Waals surface area contributed by atoms with Crippen molar-refractivity contribution < 1.29 is 19.2 Å². The fourth-order valence-electron chi connectivity index (χ4n) is 2.46.